The van der Waals surface area contributed by atoms with Crippen LogP contribution in [-0.2, 0) is 0 Å². The van der Waals surface area contributed by atoms with Crippen molar-refractivity contribution in [3.05, 3.63) is 72.8 Å². The Labute approximate surface area is 219 Å². The number of hydrogen-bond acceptors (Lipinski definition) is 4. The van der Waals surface area contributed by atoms with Gasteiger partial charge in [-0.15, -0.1) is 0 Å². The number of benzene rings is 3. The lowest BCUT2D eigenvalue weighted by Gasteiger charge is -2.25. The second kappa shape index (κ2) is 15.2. The minimum absolute atomic E-state index is 0.221. The highest BCUT2D eigenvalue weighted by Gasteiger charge is 2.23. The van der Waals surface area contributed by atoms with Crippen molar-refractivity contribution in [2.24, 2.45) is 5.92 Å². The molecular weight excluding hydrogens is 486 g/mol. The van der Waals surface area contributed by atoms with Crippen LogP contribution in [0.25, 0.3) is 0 Å². The van der Waals surface area contributed by atoms with Crippen molar-refractivity contribution >= 4 is 32.4 Å². The van der Waals surface area contributed by atoms with E-state index in [0.29, 0.717) is 14.5 Å². The van der Waals surface area contributed by atoms with Crippen LogP contribution in [0.4, 0.5) is 0 Å². The summed E-state index contributed by atoms with van der Waals surface area (Å²) >= 11 is 0. The number of rotatable bonds is 15. The molecule has 3 rings (SSSR count). The second-order valence-electron chi connectivity index (χ2n) is 9.07. The Morgan fingerprint density at radius 1 is 0.722 bits per heavy atom. The molecule has 0 aliphatic carbocycles. The lowest BCUT2D eigenvalue weighted by atomic mass is 10.0. The van der Waals surface area contributed by atoms with Gasteiger partial charge in [-0.25, -0.2) is 0 Å². The van der Waals surface area contributed by atoms with Gasteiger partial charge in [0.05, 0.1) is 21.3 Å². The maximum Gasteiger partial charge on any atom is 0.126 e. The van der Waals surface area contributed by atoms with Crippen molar-refractivity contribution < 1.29 is 19.3 Å². The average molecular weight is 527 g/mol. The van der Waals surface area contributed by atoms with Crippen LogP contribution in [-0.4, -0.2) is 44.9 Å². The maximum atomic E-state index is 9.97. The van der Waals surface area contributed by atoms with E-state index in [2.05, 4.69) is 49.4 Å². The molecule has 0 bridgehead atoms. The average Bonchev–Trinajstić information content (AvgIpc) is 2.93. The van der Waals surface area contributed by atoms with Crippen molar-refractivity contribution in [1.82, 2.24) is 0 Å². The summed E-state index contributed by atoms with van der Waals surface area (Å²) < 4.78 is 17.0. The predicted molar refractivity (Wildman–Crippen MR) is 156 cm³/mol. The summed E-state index contributed by atoms with van der Waals surface area (Å²) in [5.74, 6) is 3.38. The van der Waals surface area contributed by atoms with Crippen molar-refractivity contribution in [3.63, 3.8) is 0 Å². The second-order valence-corrected chi connectivity index (χ2v) is 12.9. The molecule has 4 nitrogen and oxygen atoms in total. The van der Waals surface area contributed by atoms with Gasteiger partial charge in [0.2, 0.25) is 0 Å². The number of ether oxygens (including phenoxy) is 3. The molecule has 0 aliphatic rings. The molecule has 0 heterocycles. The highest BCUT2D eigenvalue weighted by Crippen LogP contribution is 2.42. The summed E-state index contributed by atoms with van der Waals surface area (Å²) in [6.07, 6.45) is 5.57. The van der Waals surface area contributed by atoms with Gasteiger partial charge in [0, 0.05) is 28.2 Å². The smallest absolute Gasteiger partial charge is 0.126 e. The van der Waals surface area contributed by atoms with Gasteiger partial charge >= 0.3 is 0 Å². The van der Waals surface area contributed by atoms with Gasteiger partial charge in [0.25, 0.3) is 0 Å². The molecule has 0 saturated heterocycles. The molecule has 3 atom stereocenters. The first-order chi connectivity index (χ1) is 17.6. The summed E-state index contributed by atoms with van der Waals surface area (Å²) in [6.45, 7) is 2.58. The first-order valence-corrected chi connectivity index (χ1v) is 15.3. The third-order valence-electron chi connectivity index (χ3n) is 6.43. The van der Waals surface area contributed by atoms with Crippen molar-refractivity contribution in [2.45, 2.75) is 38.3 Å². The van der Waals surface area contributed by atoms with E-state index in [1.54, 1.807) is 21.3 Å². The number of aliphatic hydroxyl groups excluding tert-OH is 1. The number of aliphatic hydroxyl groups is 1. The Morgan fingerprint density at radius 2 is 1.22 bits per heavy atom. The van der Waals surface area contributed by atoms with Crippen LogP contribution in [0.1, 0.15) is 32.6 Å². The topological polar surface area (TPSA) is 47.9 Å². The van der Waals surface area contributed by atoms with Crippen LogP contribution in [0, 0.1) is 5.92 Å². The molecule has 3 unspecified atom stereocenters. The van der Waals surface area contributed by atoms with Gasteiger partial charge in [-0.2, -0.15) is 0 Å². The van der Waals surface area contributed by atoms with E-state index in [4.69, 9.17) is 14.2 Å². The van der Waals surface area contributed by atoms with Gasteiger partial charge in [0.15, 0.2) is 0 Å². The van der Waals surface area contributed by atoms with E-state index in [1.165, 1.54) is 22.3 Å². The van der Waals surface area contributed by atoms with Crippen LogP contribution in [0.15, 0.2) is 72.8 Å². The van der Waals surface area contributed by atoms with Crippen LogP contribution < -0.4 is 30.1 Å². The van der Waals surface area contributed by atoms with E-state index >= 15 is 0 Å². The van der Waals surface area contributed by atoms with Crippen molar-refractivity contribution in [1.29, 1.82) is 0 Å². The fourth-order valence-corrected chi connectivity index (χ4v) is 8.77. The Kier molecular flexibility index (Phi) is 12.0. The third kappa shape index (κ3) is 7.94. The van der Waals surface area contributed by atoms with Crippen molar-refractivity contribution in [3.8, 4) is 17.2 Å². The highest BCUT2D eigenvalue weighted by molar-refractivity contribution is 7.73. The largest absolute Gasteiger partial charge is 0.496 e. The molecule has 3 aromatic carbocycles. The number of hydrogen-bond donors (Lipinski definition) is 1. The molecule has 6 heteroatoms. The van der Waals surface area contributed by atoms with E-state index in [-0.39, 0.29) is 12.3 Å². The van der Waals surface area contributed by atoms with E-state index in [1.807, 2.05) is 30.3 Å². The number of methoxy groups -OCH3 is 3. The highest BCUT2D eigenvalue weighted by atomic mass is 31.1. The zero-order valence-corrected chi connectivity index (χ0v) is 23.8. The van der Waals surface area contributed by atoms with Crippen LogP contribution >= 0.6 is 16.5 Å². The minimum atomic E-state index is -0.621. The molecule has 0 aliphatic heterocycles. The summed E-state index contributed by atoms with van der Waals surface area (Å²) in [4.78, 5) is 0. The summed E-state index contributed by atoms with van der Waals surface area (Å²) in [6, 6.07) is 24.9. The molecule has 0 amide bonds. The molecule has 0 spiro atoms. The van der Waals surface area contributed by atoms with Crippen LogP contribution in [0.3, 0.4) is 0 Å². The fourth-order valence-electron chi connectivity index (χ4n) is 4.51. The first kappa shape index (κ1) is 28.5. The first-order valence-electron chi connectivity index (χ1n) is 12.6. The minimum Gasteiger partial charge on any atom is -0.496 e. The lowest BCUT2D eigenvalue weighted by Crippen LogP contribution is -2.20. The Balaban J connectivity index is 1.61. The quantitative estimate of drug-likeness (QED) is 0.204. The molecule has 0 saturated carbocycles. The Bertz CT molecular complexity index is 1010. The van der Waals surface area contributed by atoms with Gasteiger partial charge in [-0.3, -0.25) is 0 Å². The molecule has 3 aromatic rings. The SMILES string of the molecule is COc1ccccc1PC(CO)CCCCC(C)CP(c1ccccc1OC)c1ccccc1OC. The number of unbranched alkanes of at least 4 members (excludes halogenated alkanes) is 1. The Morgan fingerprint density at radius 3 is 1.78 bits per heavy atom. The maximum absolute atomic E-state index is 9.97. The van der Waals surface area contributed by atoms with Gasteiger partial charge in [-0.1, -0.05) is 89.4 Å². The predicted octanol–water partition coefficient (Wildman–Crippen LogP) is 5.71. The van der Waals surface area contributed by atoms with Crippen LogP contribution in [0.5, 0.6) is 17.2 Å². The van der Waals surface area contributed by atoms with E-state index in [0.717, 1.165) is 42.7 Å². The zero-order valence-electron chi connectivity index (χ0n) is 21.9. The number of para-hydroxylation sites is 3. The summed E-state index contributed by atoms with van der Waals surface area (Å²) in [5, 5.41) is 13.7. The van der Waals surface area contributed by atoms with Crippen molar-refractivity contribution in [2.75, 3.05) is 34.1 Å². The van der Waals surface area contributed by atoms with Gasteiger partial charge < -0.3 is 19.3 Å². The molecule has 0 aromatic heterocycles. The summed E-state index contributed by atoms with van der Waals surface area (Å²) in [7, 11) is 5.16. The normalized spacial score (nSPS) is 13.2. The molecular formula is C30H40O4P2. The third-order valence-corrected chi connectivity index (χ3v) is 10.9. The van der Waals surface area contributed by atoms with Gasteiger partial charge in [0.1, 0.15) is 17.2 Å². The fraction of sp³-hybridized carbons (Fsp3) is 0.400. The standard InChI is InChI=1S/C30H40O4P2/c1-23(13-5-6-14-24(21-31)35-28-18-10-7-15-25(28)32-2)22-36(29-19-11-8-16-26(29)33-3)30-20-12-9-17-27(30)34-4/h7-12,15-20,23-24,31,35H,5-6,13-14,21-22H2,1-4H3. The zero-order chi connectivity index (χ0) is 25.8. The molecule has 194 valence electrons. The summed E-state index contributed by atoms with van der Waals surface area (Å²) in [5.41, 5.74) is 0.288. The molecule has 1 N–H and O–H groups in total. The van der Waals surface area contributed by atoms with Crippen LogP contribution in [0.2, 0.25) is 0 Å². The lowest BCUT2D eigenvalue weighted by molar-refractivity contribution is 0.287. The molecule has 36 heavy (non-hydrogen) atoms. The van der Waals surface area contributed by atoms with E-state index in [9.17, 15) is 5.11 Å². The molecule has 0 radical (unpaired) electrons. The monoisotopic (exact) mass is 526 g/mol. The van der Waals surface area contributed by atoms with E-state index < -0.39 is 7.92 Å². The van der Waals surface area contributed by atoms with Gasteiger partial charge in [-0.05, 0) is 44.6 Å². The molecule has 0 fully saturated rings. The Hall–Kier alpha value is -2.12.